The Kier molecular flexibility index (Phi) is 4.96. The number of thiophene rings is 1. The van der Waals surface area contributed by atoms with Crippen LogP contribution in [0.5, 0.6) is 0 Å². The predicted octanol–water partition coefficient (Wildman–Crippen LogP) is 4.13. The van der Waals surface area contributed by atoms with Gasteiger partial charge < -0.3 is 4.52 Å². The molecule has 1 atom stereocenters. The molecule has 4 rings (SSSR count). The minimum Gasteiger partial charge on any atom is -0.339 e. The monoisotopic (exact) mass is 453 g/mol. The van der Waals surface area contributed by atoms with Crippen LogP contribution < -0.4 is 0 Å². The van der Waals surface area contributed by atoms with Crippen LogP contribution in [0, 0.1) is 0 Å². The Bertz CT molecular complexity index is 1000. The molecule has 0 spiro atoms. The molecule has 2 aromatic heterocycles. The zero-order valence-corrected chi connectivity index (χ0v) is 16.9. The lowest BCUT2D eigenvalue weighted by Gasteiger charge is -2.29. The summed E-state index contributed by atoms with van der Waals surface area (Å²) in [5, 5.41) is 5.84. The normalized spacial score (nSPS) is 18.9. The molecule has 1 fully saturated rings. The largest absolute Gasteiger partial charge is 0.339 e. The summed E-state index contributed by atoms with van der Waals surface area (Å²) in [4.78, 5) is 4.51. The molecule has 0 amide bonds. The molecule has 0 aliphatic carbocycles. The topological polar surface area (TPSA) is 76.3 Å². The third-order valence-electron chi connectivity index (χ3n) is 4.35. The molecular formula is C17H16BrN3O3S2. The van der Waals surface area contributed by atoms with Crippen molar-refractivity contribution in [3.8, 4) is 11.4 Å². The van der Waals surface area contributed by atoms with E-state index in [1.807, 2.05) is 24.3 Å². The summed E-state index contributed by atoms with van der Waals surface area (Å²) in [7, 11) is -3.45. The molecule has 9 heteroatoms. The van der Waals surface area contributed by atoms with Gasteiger partial charge in [-0.2, -0.15) is 9.29 Å². The Hall–Kier alpha value is -1.55. The lowest BCUT2D eigenvalue weighted by Crippen LogP contribution is -2.38. The van der Waals surface area contributed by atoms with E-state index < -0.39 is 10.0 Å². The van der Waals surface area contributed by atoms with Crippen molar-refractivity contribution in [1.82, 2.24) is 14.4 Å². The first kappa shape index (κ1) is 17.8. The van der Waals surface area contributed by atoms with Crippen molar-refractivity contribution in [3.05, 3.63) is 52.1 Å². The van der Waals surface area contributed by atoms with E-state index in [4.69, 9.17) is 4.52 Å². The van der Waals surface area contributed by atoms with E-state index in [9.17, 15) is 8.42 Å². The van der Waals surface area contributed by atoms with Crippen molar-refractivity contribution >= 4 is 37.3 Å². The molecule has 3 heterocycles. The summed E-state index contributed by atoms with van der Waals surface area (Å²) >= 11 is 4.67. The van der Waals surface area contributed by atoms with Crippen LogP contribution >= 0.6 is 27.3 Å². The molecule has 1 aliphatic rings. The van der Waals surface area contributed by atoms with E-state index in [0.717, 1.165) is 22.9 Å². The minimum absolute atomic E-state index is 0.0908. The molecule has 0 radical (unpaired) electrons. The number of rotatable bonds is 4. The number of aromatic nitrogens is 2. The molecule has 26 heavy (non-hydrogen) atoms. The summed E-state index contributed by atoms with van der Waals surface area (Å²) < 4.78 is 33.8. The number of hydrogen-bond acceptors (Lipinski definition) is 6. The fourth-order valence-electron chi connectivity index (χ4n) is 3.05. The molecular weight excluding hydrogens is 438 g/mol. The number of piperidine rings is 1. The maximum absolute atomic E-state index is 12.8. The summed E-state index contributed by atoms with van der Waals surface area (Å²) in [5.74, 6) is 0.914. The zero-order valence-electron chi connectivity index (χ0n) is 13.7. The van der Waals surface area contributed by atoms with Crippen LogP contribution in [0.4, 0.5) is 0 Å². The molecule has 3 aromatic rings. The van der Waals surface area contributed by atoms with Gasteiger partial charge in [0.25, 0.3) is 10.0 Å². The summed E-state index contributed by atoms with van der Waals surface area (Å²) in [6, 6.07) is 11.1. The van der Waals surface area contributed by atoms with E-state index in [1.165, 1.54) is 15.6 Å². The lowest BCUT2D eigenvalue weighted by atomic mass is 10.00. The predicted molar refractivity (Wildman–Crippen MR) is 102 cm³/mol. The maximum atomic E-state index is 12.8. The molecule has 1 saturated heterocycles. The van der Waals surface area contributed by atoms with Gasteiger partial charge in [0.05, 0.1) is 5.92 Å². The lowest BCUT2D eigenvalue weighted by molar-refractivity contribution is 0.266. The van der Waals surface area contributed by atoms with Gasteiger partial charge in [-0.1, -0.05) is 39.3 Å². The first-order valence-corrected chi connectivity index (χ1v) is 11.3. The number of benzene rings is 1. The molecule has 1 aromatic carbocycles. The average molecular weight is 454 g/mol. The standard InChI is InChI=1S/C17H16BrN3O3S2/c18-14-6-1-4-12(10-14)16-19-17(24-20-16)13-5-2-8-21(11-13)26(22,23)15-7-3-9-25-15/h1,3-4,6-7,9-10,13H,2,5,8,11H2/t13-/m1/s1. The average Bonchev–Trinajstić information content (AvgIpc) is 3.34. The van der Waals surface area contributed by atoms with Crippen LogP contribution in [-0.2, 0) is 10.0 Å². The van der Waals surface area contributed by atoms with Gasteiger partial charge in [-0.25, -0.2) is 8.42 Å². The van der Waals surface area contributed by atoms with Gasteiger partial charge in [0.1, 0.15) is 4.21 Å². The SMILES string of the molecule is O=S(=O)(c1cccs1)N1CCC[C@@H](c2nc(-c3cccc(Br)c3)no2)C1. The maximum Gasteiger partial charge on any atom is 0.252 e. The van der Waals surface area contributed by atoms with Gasteiger partial charge in [0.15, 0.2) is 0 Å². The van der Waals surface area contributed by atoms with Gasteiger partial charge in [0.2, 0.25) is 11.7 Å². The highest BCUT2D eigenvalue weighted by Gasteiger charge is 2.33. The summed E-state index contributed by atoms with van der Waals surface area (Å²) in [5.41, 5.74) is 0.855. The van der Waals surface area contributed by atoms with Gasteiger partial charge >= 0.3 is 0 Å². The van der Waals surface area contributed by atoms with Crippen LogP contribution in [0.3, 0.4) is 0 Å². The number of nitrogens with zero attached hydrogens (tertiary/aromatic N) is 3. The van der Waals surface area contributed by atoms with E-state index in [1.54, 1.807) is 17.5 Å². The molecule has 0 saturated carbocycles. The van der Waals surface area contributed by atoms with Crippen molar-refractivity contribution in [1.29, 1.82) is 0 Å². The van der Waals surface area contributed by atoms with Crippen LogP contribution in [0.1, 0.15) is 24.7 Å². The van der Waals surface area contributed by atoms with Gasteiger partial charge in [0, 0.05) is 23.1 Å². The highest BCUT2D eigenvalue weighted by Crippen LogP contribution is 2.32. The molecule has 136 valence electrons. The van der Waals surface area contributed by atoms with Crippen LogP contribution in [-0.4, -0.2) is 36.0 Å². The van der Waals surface area contributed by atoms with Crippen molar-refractivity contribution in [2.75, 3.05) is 13.1 Å². The van der Waals surface area contributed by atoms with Crippen molar-refractivity contribution in [3.63, 3.8) is 0 Å². The minimum atomic E-state index is -3.45. The Morgan fingerprint density at radius 2 is 2.15 bits per heavy atom. The van der Waals surface area contributed by atoms with Gasteiger partial charge in [-0.3, -0.25) is 0 Å². The highest BCUT2D eigenvalue weighted by molar-refractivity contribution is 9.10. The molecule has 0 N–H and O–H groups in total. The Morgan fingerprint density at radius 3 is 2.92 bits per heavy atom. The van der Waals surface area contributed by atoms with E-state index in [0.29, 0.717) is 29.0 Å². The van der Waals surface area contributed by atoms with Crippen LogP contribution in [0.15, 0.2) is 55.0 Å². The number of hydrogen-bond donors (Lipinski definition) is 0. The Morgan fingerprint density at radius 1 is 1.27 bits per heavy atom. The summed E-state index contributed by atoms with van der Waals surface area (Å²) in [6.45, 7) is 0.879. The van der Waals surface area contributed by atoms with E-state index in [-0.39, 0.29) is 5.92 Å². The first-order valence-electron chi connectivity index (χ1n) is 8.17. The Balaban J connectivity index is 1.56. The van der Waals surface area contributed by atoms with E-state index in [2.05, 4.69) is 26.1 Å². The second kappa shape index (κ2) is 7.22. The molecule has 6 nitrogen and oxygen atoms in total. The molecule has 0 unspecified atom stereocenters. The second-order valence-electron chi connectivity index (χ2n) is 6.10. The van der Waals surface area contributed by atoms with E-state index >= 15 is 0 Å². The molecule has 0 bridgehead atoms. The van der Waals surface area contributed by atoms with Gasteiger partial charge in [-0.05, 0) is 36.4 Å². The number of sulfonamides is 1. The third-order valence-corrected chi connectivity index (χ3v) is 8.08. The van der Waals surface area contributed by atoms with Crippen molar-refractivity contribution in [2.24, 2.45) is 0 Å². The fraction of sp³-hybridized carbons (Fsp3) is 0.294. The zero-order chi connectivity index (χ0) is 18.1. The second-order valence-corrected chi connectivity index (χ2v) is 10.1. The quantitative estimate of drug-likeness (QED) is 0.593. The Labute approximate surface area is 164 Å². The fourth-order valence-corrected chi connectivity index (χ4v) is 6.11. The number of halogens is 1. The van der Waals surface area contributed by atoms with Crippen LogP contribution in [0.25, 0.3) is 11.4 Å². The molecule has 1 aliphatic heterocycles. The third kappa shape index (κ3) is 3.48. The smallest absolute Gasteiger partial charge is 0.252 e. The highest BCUT2D eigenvalue weighted by atomic mass is 79.9. The van der Waals surface area contributed by atoms with Crippen LogP contribution in [0.2, 0.25) is 0 Å². The van der Waals surface area contributed by atoms with Crippen molar-refractivity contribution < 1.29 is 12.9 Å². The van der Waals surface area contributed by atoms with Gasteiger partial charge in [-0.15, -0.1) is 11.3 Å². The summed E-state index contributed by atoms with van der Waals surface area (Å²) in [6.07, 6.45) is 1.60. The van der Waals surface area contributed by atoms with Crippen molar-refractivity contribution in [2.45, 2.75) is 23.0 Å². The first-order chi connectivity index (χ1) is 12.5.